The van der Waals surface area contributed by atoms with E-state index in [-0.39, 0.29) is 13.0 Å². The molecule has 0 saturated carbocycles. The Balaban J connectivity index is 0.000000590. The number of carbonyl (C=O) groups is 4. The first-order valence-electron chi connectivity index (χ1n) is 7.63. The number of nitrogens with two attached hydrogens (primary N) is 2. The van der Waals surface area contributed by atoms with Crippen LogP contribution in [0.3, 0.4) is 0 Å². The highest BCUT2D eigenvalue weighted by atomic mass is 16.5. The lowest BCUT2D eigenvalue weighted by molar-refractivity contribution is -0.139. The van der Waals surface area contributed by atoms with Gasteiger partial charge in [-0.05, 0) is 12.5 Å². The van der Waals surface area contributed by atoms with Gasteiger partial charge >= 0.3 is 12.1 Å². The first-order chi connectivity index (χ1) is 12.2. The molecule has 0 radical (unpaired) electrons. The van der Waals surface area contributed by atoms with Crippen LogP contribution in [0.1, 0.15) is 18.9 Å². The summed E-state index contributed by atoms with van der Waals surface area (Å²) in [6.07, 6.45) is -2.33. The van der Waals surface area contributed by atoms with Crippen LogP contribution in [0.5, 0.6) is 0 Å². The van der Waals surface area contributed by atoms with Crippen molar-refractivity contribution < 1.29 is 34.1 Å². The number of carbonyl (C=O) groups excluding carboxylic acids is 3. The Labute approximate surface area is 150 Å². The van der Waals surface area contributed by atoms with E-state index in [1.54, 1.807) is 6.92 Å². The van der Waals surface area contributed by atoms with Crippen LogP contribution in [0.4, 0.5) is 4.79 Å². The van der Waals surface area contributed by atoms with Crippen LogP contribution in [-0.2, 0) is 25.5 Å². The smallest absolute Gasteiger partial charge is 0.407 e. The number of primary amides is 2. The maximum atomic E-state index is 11.2. The molecule has 0 aromatic heterocycles. The predicted octanol–water partition coefficient (Wildman–Crippen LogP) is -0.864. The van der Waals surface area contributed by atoms with Gasteiger partial charge in [-0.25, -0.2) is 9.59 Å². The molecular formula is C16H23N3O7. The zero-order valence-electron chi connectivity index (χ0n) is 14.3. The van der Waals surface area contributed by atoms with Crippen molar-refractivity contribution in [1.82, 2.24) is 5.32 Å². The molecule has 0 aliphatic heterocycles. The number of nitrogens with one attached hydrogen (secondary N) is 1. The molecule has 10 heteroatoms. The summed E-state index contributed by atoms with van der Waals surface area (Å²) < 4.78 is 4.65. The Kier molecular flexibility index (Phi) is 10.8. The lowest BCUT2D eigenvalue weighted by Crippen LogP contribution is -2.42. The Morgan fingerprint density at radius 3 is 2.12 bits per heavy atom. The van der Waals surface area contributed by atoms with E-state index in [1.165, 1.54) is 0 Å². The second-order valence-corrected chi connectivity index (χ2v) is 5.03. The predicted molar refractivity (Wildman–Crippen MR) is 90.7 cm³/mol. The molecule has 10 nitrogen and oxygen atoms in total. The number of hydrogen-bond acceptors (Lipinski definition) is 6. The van der Waals surface area contributed by atoms with Crippen molar-refractivity contribution in [3.05, 3.63) is 35.9 Å². The normalized spacial score (nSPS) is 11.9. The summed E-state index contributed by atoms with van der Waals surface area (Å²) >= 11 is 0. The zero-order chi connectivity index (χ0) is 20.1. The van der Waals surface area contributed by atoms with Crippen LogP contribution >= 0.6 is 0 Å². The van der Waals surface area contributed by atoms with E-state index in [2.05, 4.69) is 21.5 Å². The van der Waals surface area contributed by atoms with Crippen molar-refractivity contribution >= 4 is 23.9 Å². The Hall–Kier alpha value is -3.14. The summed E-state index contributed by atoms with van der Waals surface area (Å²) in [7, 11) is 0. The van der Waals surface area contributed by atoms with E-state index >= 15 is 0 Å². The molecule has 3 amide bonds. The summed E-state index contributed by atoms with van der Waals surface area (Å²) in [6.45, 7) is 1.87. The third kappa shape index (κ3) is 10.6. The molecule has 0 saturated heterocycles. The second-order valence-electron chi connectivity index (χ2n) is 5.03. The Bertz CT molecular complexity index is 607. The monoisotopic (exact) mass is 369 g/mol. The van der Waals surface area contributed by atoms with Gasteiger partial charge in [-0.3, -0.25) is 9.59 Å². The number of benzene rings is 1. The number of alkyl carbamates (subject to hydrolysis) is 1. The minimum Gasteiger partial charge on any atom is -0.480 e. The molecule has 0 spiro atoms. The molecule has 1 rings (SSSR count). The van der Waals surface area contributed by atoms with Crippen LogP contribution in [-0.4, -0.2) is 52.8 Å². The molecular weight excluding hydrogens is 346 g/mol. The minimum absolute atomic E-state index is 0.212. The van der Waals surface area contributed by atoms with Gasteiger partial charge in [0, 0.05) is 6.42 Å². The van der Waals surface area contributed by atoms with Crippen molar-refractivity contribution in [3.63, 3.8) is 0 Å². The van der Waals surface area contributed by atoms with Gasteiger partial charge in [0.25, 0.3) is 0 Å². The van der Waals surface area contributed by atoms with E-state index in [0.717, 1.165) is 5.56 Å². The summed E-state index contributed by atoms with van der Waals surface area (Å²) in [5, 5.41) is 19.8. The molecule has 2 atom stereocenters. The zero-order valence-corrected chi connectivity index (χ0v) is 14.3. The van der Waals surface area contributed by atoms with Crippen LogP contribution in [0.2, 0.25) is 0 Å². The molecule has 1 aromatic carbocycles. The SMILES string of the molecule is CCOC(=O)N[C@H](Cc1ccccc1)C(=O)O.NC(=O)CC(O)C(N)=O. The van der Waals surface area contributed by atoms with Gasteiger partial charge in [-0.15, -0.1) is 0 Å². The van der Waals surface area contributed by atoms with Gasteiger partial charge in [0.15, 0.2) is 0 Å². The maximum Gasteiger partial charge on any atom is 0.407 e. The molecule has 0 fully saturated rings. The van der Waals surface area contributed by atoms with E-state index in [1.807, 2.05) is 30.3 Å². The molecule has 0 bridgehead atoms. The first-order valence-corrected chi connectivity index (χ1v) is 7.63. The third-order valence-corrected chi connectivity index (χ3v) is 2.87. The van der Waals surface area contributed by atoms with Crippen molar-refractivity contribution in [2.75, 3.05) is 6.61 Å². The summed E-state index contributed by atoms with van der Waals surface area (Å²) in [5.41, 5.74) is 10.1. The lowest BCUT2D eigenvalue weighted by Gasteiger charge is -2.14. The highest BCUT2D eigenvalue weighted by molar-refractivity contribution is 5.85. The van der Waals surface area contributed by atoms with Crippen molar-refractivity contribution in [2.24, 2.45) is 11.5 Å². The van der Waals surface area contributed by atoms with Crippen LogP contribution in [0.15, 0.2) is 30.3 Å². The fraction of sp³-hybridized carbons (Fsp3) is 0.375. The molecule has 144 valence electrons. The number of rotatable bonds is 8. The van der Waals surface area contributed by atoms with Gasteiger partial charge < -0.3 is 31.7 Å². The average Bonchev–Trinajstić information content (AvgIpc) is 2.55. The average molecular weight is 369 g/mol. The minimum atomic E-state index is -1.44. The fourth-order valence-electron chi connectivity index (χ4n) is 1.66. The topological polar surface area (TPSA) is 182 Å². The summed E-state index contributed by atoms with van der Waals surface area (Å²) in [4.78, 5) is 42.1. The molecule has 7 N–H and O–H groups in total. The quantitative estimate of drug-likeness (QED) is 0.395. The number of hydrogen-bond donors (Lipinski definition) is 5. The maximum absolute atomic E-state index is 11.2. The summed E-state index contributed by atoms with van der Waals surface area (Å²) in [6, 6.07) is 8.12. The number of carboxylic acids is 1. The Morgan fingerprint density at radius 2 is 1.73 bits per heavy atom. The van der Waals surface area contributed by atoms with Crippen molar-refractivity contribution in [2.45, 2.75) is 31.9 Å². The first kappa shape index (κ1) is 22.9. The molecule has 1 aromatic rings. The number of ether oxygens (including phenoxy) is 1. The lowest BCUT2D eigenvalue weighted by atomic mass is 10.1. The van der Waals surface area contributed by atoms with Gasteiger partial charge in [0.2, 0.25) is 11.8 Å². The largest absolute Gasteiger partial charge is 0.480 e. The van der Waals surface area contributed by atoms with Crippen LogP contribution in [0, 0.1) is 0 Å². The van der Waals surface area contributed by atoms with E-state index in [9.17, 15) is 19.2 Å². The molecule has 26 heavy (non-hydrogen) atoms. The number of amides is 3. The van der Waals surface area contributed by atoms with Gasteiger partial charge in [0.1, 0.15) is 12.1 Å². The molecule has 0 aliphatic rings. The summed E-state index contributed by atoms with van der Waals surface area (Å²) in [5.74, 6) is -2.77. The molecule has 0 aliphatic carbocycles. The van der Waals surface area contributed by atoms with Crippen molar-refractivity contribution in [3.8, 4) is 0 Å². The highest BCUT2D eigenvalue weighted by Gasteiger charge is 2.20. The van der Waals surface area contributed by atoms with Crippen molar-refractivity contribution in [1.29, 1.82) is 0 Å². The van der Waals surface area contributed by atoms with Crippen LogP contribution < -0.4 is 16.8 Å². The molecule has 0 heterocycles. The van der Waals surface area contributed by atoms with Gasteiger partial charge in [-0.2, -0.15) is 0 Å². The standard InChI is InChI=1S/C12H15NO4.C4H8N2O3/c1-2-17-12(16)13-10(11(14)15)8-9-6-4-3-5-7-9;5-3(8)1-2(7)4(6)9/h3-7,10H,2,8H2,1H3,(H,13,16)(H,14,15);2,7H,1H2,(H2,5,8)(H2,6,9)/t10-;/m1./s1. The third-order valence-electron chi connectivity index (χ3n) is 2.87. The highest BCUT2D eigenvalue weighted by Crippen LogP contribution is 2.03. The van der Waals surface area contributed by atoms with E-state index in [4.69, 9.17) is 10.2 Å². The van der Waals surface area contributed by atoms with E-state index < -0.39 is 42.4 Å². The number of aliphatic hydroxyl groups is 1. The number of aliphatic hydroxyl groups excluding tert-OH is 1. The Morgan fingerprint density at radius 1 is 1.15 bits per heavy atom. The number of carboxylic acid groups (broad SMARTS) is 1. The van der Waals surface area contributed by atoms with E-state index in [0.29, 0.717) is 0 Å². The van der Waals surface area contributed by atoms with Gasteiger partial charge in [-0.1, -0.05) is 30.3 Å². The van der Waals surface area contributed by atoms with Gasteiger partial charge in [0.05, 0.1) is 13.0 Å². The second kappa shape index (κ2) is 12.3. The number of aliphatic carboxylic acids is 1. The van der Waals surface area contributed by atoms with Crippen LogP contribution in [0.25, 0.3) is 0 Å². The molecule has 1 unspecified atom stereocenters. The fourth-order valence-corrected chi connectivity index (χ4v) is 1.66.